The molecule has 0 saturated carbocycles. The van der Waals surface area contributed by atoms with Crippen LogP contribution < -0.4 is 11.2 Å². The average molecular weight is 296 g/mol. The highest BCUT2D eigenvalue weighted by atomic mass is 32.2. The average Bonchev–Trinajstić information content (AvgIpc) is 2.87. The lowest BCUT2D eigenvalue weighted by atomic mass is 10.1. The number of thioether (sulfide) groups is 1. The number of fused-ring (bicyclic) bond motifs is 1. The number of aromatic nitrogens is 4. The van der Waals surface area contributed by atoms with Crippen molar-refractivity contribution in [3.63, 3.8) is 0 Å². The number of aromatic amines is 1. The largest absolute Gasteiger partial charge is 0.332 e. The van der Waals surface area contributed by atoms with Crippen LogP contribution in [0.4, 0.5) is 0 Å². The molecule has 0 fully saturated rings. The maximum Gasteiger partial charge on any atom is 0.332 e. The first-order chi connectivity index (χ1) is 9.45. The van der Waals surface area contributed by atoms with E-state index < -0.39 is 0 Å². The Bertz CT molecular complexity index is 728. The third-order valence-electron chi connectivity index (χ3n) is 3.62. The van der Waals surface area contributed by atoms with Crippen molar-refractivity contribution < 1.29 is 0 Å². The lowest BCUT2D eigenvalue weighted by molar-refractivity contribution is 0.548. The molecule has 1 unspecified atom stereocenters. The molecular formula is C13H20N4O2S. The number of H-pyrrole nitrogens is 1. The van der Waals surface area contributed by atoms with Crippen LogP contribution in [0.1, 0.15) is 26.7 Å². The molecule has 7 heteroatoms. The minimum Gasteiger partial charge on any atom is -0.327 e. The summed E-state index contributed by atoms with van der Waals surface area (Å²) in [7, 11) is 3.10. The second-order valence-corrected chi connectivity index (χ2v) is 6.18. The van der Waals surface area contributed by atoms with E-state index in [1.807, 2.05) is 0 Å². The second-order valence-electron chi connectivity index (χ2n) is 5.10. The molecule has 0 aromatic carbocycles. The molecule has 6 nitrogen and oxygen atoms in total. The lowest BCUT2D eigenvalue weighted by Gasteiger charge is -2.05. The highest BCUT2D eigenvalue weighted by Gasteiger charge is 2.13. The van der Waals surface area contributed by atoms with E-state index in [0.29, 0.717) is 22.2 Å². The van der Waals surface area contributed by atoms with E-state index in [1.165, 1.54) is 11.6 Å². The van der Waals surface area contributed by atoms with Gasteiger partial charge in [-0.3, -0.25) is 13.9 Å². The third kappa shape index (κ3) is 2.67. The summed E-state index contributed by atoms with van der Waals surface area (Å²) in [6, 6.07) is 0. The van der Waals surface area contributed by atoms with Crippen LogP contribution in [-0.2, 0) is 14.1 Å². The summed E-state index contributed by atoms with van der Waals surface area (Å²) >= 11 is 1.59. The number of imidazole rings is 1. The van der Waals surface area contributed by atoms with Gasteiger partial charge in [0, 0.05) is 19.8 Å². The van der Waals surface area contributed by atoms with Crippen molar-refractivity contribution in [1.29, 1.82) is 0 Å². The summed E-state index contributed by atoms with van der Waals surface area (Å²) in [5, 5.41) is 0.696. The fourth-order valence-electron chi connectivity index (χ4n) is 1.93. The van der Waals surface area contributed by atoms with Crippen LogP contribution >= 0.6 is 11.8 Å². The molecule has 2 aromatic rings. The molecule has 0 amide bonds. The molecule has 0 spiro atoms. The Morgan fingerprint density at radius 3 is 2.65 bits per heavy atom. The minimum atomic E-state index is -0.356. The van der Waals surface area contributed by atoms with E-state index >= 15 is 0 Å². The van der Waals surface area contributed by atoms with Crippen molar-refractivity contribution >= 4 is 22.9 Å². The molecule has 0 radical (unpaired) electrons. The number of aryl methyl sites for hydroxylation is 1. The summed E-state index contributed by atoms with van der Waals surface area (Å²) in [5.41, 5.74) is 0.124. The van der Waals surface area contributed by atoms with Gasteiger partial charge in [0.25, 0.3) is 5.56 Å². The molecule has 2 aromatic heterocycles. The van der Waals surface area contributed by atoms with Gasteiger partial charge in [-0.1, -0.05) is 32.0 Å². The molecule has 0 aliphatic carbocycles. The highest BCUT2D eigenvalue weighted by Crippen LogP contribution is 2.20. The van der Waals surface area contributed by atoms with Gasteiger partial charge in [0.15, 0.2) is 16.3 Å². The second kappa shape index (κ2) is 5.87. The van der Waals surface area contributed by atoms with E-state index in [1.54, 1.807) is 18.8 Å². The standard InChI is InChI=1S/C13H20N4O2S/c1-5-8(2)6-7-20-12-14-9-10(15-12)16(3)13(19)17(4)11(9)18/h8H,5-7H2,1-4H3,(H,14,15). The van der Waals surface area contributed by atoms with Crippen LogP contribution in [0.25, 0.3) is 11.2 Å². The van der Waals surface area contributed by atoms with E-state index in [0.717, 1.165) is 23.2 Å². The highest BCUT2D eigenvalue weighted by molar-refractivity contribution is 7.99. The number of hydrogen-bond acceptors (Lipinski definition) is 4. The molecule has 20 heavy (non-hydrogen) atoms. The van der Waals surface area contributed by atoms with Crippen molar-refractivity contribution in [2.75, 3.05) is 5.75 Å². The Hall–Kier alpha value is -1.50. The molecule has 0 bridgehead atoms. The van der Waals surface area contributed by atoms with Crippen molar-refractivity contribution in [2.24, 2.45) is 20.0 Å². The van der Waals surface area contributed by atoms with E-state index in [4.69, 9.17) is 0 Å². The van der Waals surface area contributed by atoms with Crippen LogP contribution in [0.5, 0.6) is 0 Å². The van der Waals surface area contributed by atoms with Crippen molar-refractivity contribution in [3.05, 3.63) is 20.8 Å². The van der Waals surface area contributed by atoms with Gasteiger partial charge >= 0.3 is 5.69 Å². The number of nitrogens with one attached hydrogen (secondary N) is 1. The fourth-order valence-corrected chi connectivity index (χ4v) is 2.97. The first-order valence-electron chi connectivity index (χ1n) is 6.74. The third-order valence-corrected chi connectivity index (χ3v) is 4.53. The van der Waals surface area contributed by atoms with Crippen LogP contribution in [0.15, 0.2) is 14.7 Å². The zero-order valence-electron chi connectivity index (χ0n) is 12.3. The molecule has 110 valence electrons. The van der Waals surface area contributed by atoms with Crippen LogP contribution in [0.3, 0.4) is 0 Å². The Kier molecular flexibility index (Phi) is 4.37. The monoisotopic (exact) mass is 296 g/mol. The molecule has 0 saturated heterocycles. The Morgan fingerprint density at radius 2 is 2.00 bits per heavy atom. The van der Waals surface area contributed by atoms with Gasteiger partial charge in [-0.15, -0.1) is 0 Å². The molecule has 1 N–H and O–H groups in total. The summed E-state index contributed by atoms with van der Waals surface area (Å²) in [6.45, 7) is 4.40. The smallest absolute Gasteiger partial charge is 0.327 e. The molecule has 2 rings (SSSR count). The molecule has 0 aliphatic rings. The van der Waals surface area contributed by atoms with Gasteiger partial charge in [-0.25, -0.2) is 9.78 Å². The Balaban J connectivity index is 2.30. The number of nitrogens with zero attached hydrogens (tertiary/aromatic N) is 3. The summed E-state index contributed by atoms with van der Waals surface area (Å²) in [5.74, 6) is 1.63. The predicted molar refractivity (Wildman–Crippen MR) is 81.4 cm³/mol. The van der Waals surface area contributed by atoms with Gasteiger partial charge < -0.3 is 4.98 Å². The quantitative estimate of drug-likeness (QED) is 0.848. The maximum atomic E-state index is 12.0. The minimum absolute atomic E-state index is 0.329. The SMILES string of the molecule is CCC(C)CCSc1nc2c([nH]1)c(=O)n(C)c(=O)n2C. The molecule has 2 heterocycles. The van der Waals surface area contributed by atoms with Crippen LogP contribution in [0.2, 0.25) is 0 Å². The zero-order valence-corrected chi connectivity index (χ0v) is 13.1. The summed E-state index contributed by atoms with van der Waals surface area (Å²) in [4.78, 5) is 31.2. The van der Waals surface area contributed by atoms with E-state index in [9.17, 15) is 9.59 Å². The first-order valence-corrected chi connectivity index (χ1v) is 7.72. The van der Waals surface area contributed by atoms with Crippen molar-refractivity contribution in [1.82, 2.24) is 19.1 Å². The van der Waals surface area contributed by atoms with Gasteiger partial charge in [0.2, 0.25) is 0 Å². The molecule has 0 aliphatic heterocycles. The predicted octanol–water partition coefficient (Wildman–Crippen LogP) is 1.49. The van der Waals surface area contributed by atoms with Gasteiger partial charge in [-0.2, -0.15) is 0 Å². The fraction of sp³-hybridized carbons (Fsp3) is 0.615. The van der Waals surface area contributed by atoms with Crippen LogP contribution in [-0.4, -0.2) is 24.9 Å². The summed E-state index contributed by atoms with van der Waals surface area (Å²) in [6.07, 6.45) is 2.27. The van der Waals surface area contributed by atoms with Crippen molar-refractivity contribution in [2.45, 2.75) is 31.8 Å². The normalized spacial score (nSPS) is 13.0. The van der Waals surface area contributed by atoms with E-state index in [-0.39, 0.29) is 11.2 Å². The van der Waals surface area contributed by atoms with Crippen LogP contribution in [0, 0.1) is 5.92 Å². The number of hydrogen-bond donors (Lipinski definition) is 1. The first kappa shape index (κ1) is 14.9. The number of rotatable bonds is 5. The Labute approximate surface area is 121 Å². The van der Waals surface area contributed by atoms with Gasteiger partial charge in [0.1, 0.15) is 0 Å². The zero-order chi connectivity index (χ0) is 14.9. The topological polar surface area (TPSA) is 72.7 Å². The Morgan fingerprint density at radius 1 is 1.30 bits per heavy atom. The molecule has 1 atom stereocenters. The maximum absolute atomic E-state index is 12.0. The lowest BCUT2D eigenvalue weighted by Crippen LogP contribution is -2.36. The molecular weight excluding hydrogens is 276 g/mol. The van der Waals surface area contributed by atoms with Crippen molar-refractivity contribution in [3.8, 4) is 0 Å². The van der Waals surface area contributed by atoms with Gasteiger partial charge in [0.05, 0.1) is 0 Å². The summed E-state index contributed by atoms with van der Waals surface area (Å²) < 4.78 is 2.49. The van der Waals surface area contributed by atoms with Gasteiger partial charge in [-0.05, 0) is 12.3 Å². The van der Waals surface area contributed by atoms with E-state index in [2.05, 4.69) is 23.8 Å².